The summed E-state index contributed by atoms with van der Waals surface area (Å²) in [5.41, 5.74) is 5.84. The average Bonchev–Trinajstić information content (AvgIpc) is 2.46. The fourth-order valence-corrected chi connectivity index (χ4v) is 2.45. The lowest BCUT2D eigenvalue weighted by Crippen LogP contribution is -2.29. The highest BCUT2D eigenvalue weighted by Gasteiger charge is 2.20. The molecule has 0 radical (unpaired) electrons. The highest BCUT2D eigenvalue weighted by atomic mass is 16.2. The molecule has 1 amide bonds. The van der Waals surface area contributed by atoms with E-state index >= 15 is 0 Å². The summed E-state index contributed by atoms with van der Waals surface area (Å²) in [6, 6.07) is 8.16. The predicted molar refractivity (Wildman–Crippen MR) is 78.1 cm³/mol. The number of benzene rings is 1. The van der Waals surface area contributed by atoms with E-state index in [4.69, 9.17) is 0 Å². The Morgan fingerprint density at radius 1 is 1.16 bits per heavy atom. The monoisotopic (exact) mass is 258 g/mol. The van der Waals surface area contributed by atoms with Gasteiger partial charge in [0.15, 0.2) is 0 Å². The number of carbonyl (C=O) groups is 1. The zero-order chi connectivity index (χ0) is 13.7. The van der Waals surface area contributed by atoms with Gasteiger partial charge < -0.3 is 0 Å². The van der Waals surface area contributed by atoms with E-state index in [0.29, 0.717) is 0 Å². The topological polar surface area (TPSA) is 41.5 Å². The number of amides is 1. The zero-order valence-electron chi connectivity index (χ0n) is 11.8. The molecule has 0 aliphatic heterocycles. The fraction of sp³-hybridized carbons (Fsp3) is 0.500. The van der Waals surface area contributed by atoms with Crippen molar-refractivity contribution in [1.82, 2.24) is 5.43 Å². The number of aryl methyl sites for hydroxylation is 1. The normalized spacial score (nSPS) is 17.3. The second-order valence-electron chi connectivity index (χ2n) is 5.37. The zero-order valence-corrected chi connectivity index (χ0v) is 11.8. The largest absolute Gasteiger partial charge is 0.273 e. The van der Waals surface area contributed by atoms with E-state index in [9.17, 15) is 4.79 Å². The molecule has 0 spiro atoms. The first kappa shape index (κ1) is 13.8. The molecule has 1 aliphatic rings. The number of hydrazone groups is 1. The van der Waals surface area contributed by atoms with Crippen LogP contribution in [0.3, 0.4) is 0 Å². The van der Waals surface area contributed by atoms with Crippen LogP contribution in [-0.2, 0) is 4.79 Å². The molecule has 1 N–H and O–H groups in total. The Morgan fingerprint density at radius 3 is 2.42 bits per heavy atom. The Kier molecular flexibility index (Phi) is 4.72. The molecule has 0 heterocycles. The SMILES string of the molecule is C/C(=N/NC(=O)C1CCCCC1)c1ccc(C)cc1. The van der Waals surface area contributed by atoms with Crippen LogP contribution in [0.2, 0.25) is 0 Å². The standard InChI is InChI=1S/C16H22N2O/c1-12-8-10-14(11-9-12)13(2)17-18-16(19)15-6-4-3-5-7-15/h8-11,15H,3-7H2,1-2H3,(H,18,19)/b17-13-. The molecule has 0 aromatic heterocycles. The lowest BCUT2D eigenvalue weighted by molar-refractivity contribution is -0.125. The highest BCUT2D eigenvalue weighted by molar-refractivity contribution is 5.99. The van der Waals surface area contributed by atoms with E-state index < -0.39 is 0 Å². The van der Waals surface area contributed by atoms with Crippen molar-refractivity contribution in [3.05, 3.63) is 35.4 Å². The first-order valence-electron chi connectivity index (χ1n) is 7.08. The van der Waals surface area contributed by atoms with Gasteiger partial charge in [-0.2, -0.15) is 5.10 Å². The highest BCUT2D eigenvalue weighted by Crippen LogP contribution is 2.23. The predicted octanol–water partition coefficient (Wildman–Crippen LogP) is 3.42. The van der Waals surface area contributed by atoms with Gasteiger partial charge in [-0.05, 0) is 32.3 Å². The van der Waals surface area contributed by atoms with Crippen molar-refractivity contribution in [2.45, 2.75) is 46.0 Å². The molecule has 1 aromatic carbocycles. The molecule has 0 unspecified atom stereocenters. The Hall–Kier alpha value is -1.64. The van der Waals surface area contributed by atoms with Crippen molar-refractivity contribution in [1.29, 1.82) is 0 Å². The maximum absolute atomic E-state index is 12.0. The van der Waals surface area contributed by atoms with E-state index in [0.717, 1.165) is 24.1 Å². The minimum absolute atomic E-state index is 0.0751. The van der Waals surface area contributed by atoms with E-state index in [-0.39, 0.29) is 11.8 Å². The lowest BCUT2D eigenvalue weighted by Gasteiger charge is -2.19. The lowest BCUT2D eigenvalue weighted by atomic mass is 9.89. The van der Waals surface area contributed by atoms with Crippen molar-refractivity contribution in [3.63, 3.8) is 0 Å². The second kappa shape index (κ2) is 6.50. The summed E-state index contributed by atoms with van der Waals surface area (Å²) in [7, 11) is 0. The van der Waals surface area contributed by atoms with Gasteiger partial charge in [0.1, 0.15) is 0 Å². The van der Waals surface area contributed by atoms with Crippen molar-refractivity contribution >= 4 is 11.6 Å². The number of hydrogen-bond acceptors (Lipinski definition) is 2. The van der Waals surface area contributed by atoms with E-state index in [1.54, 1.807) is 0 Å². The number of carbonyl (C=O) groups excluding carboxylic acids is 1. The van der Waals surface area contributed by atoms with Crippen LogP contribution < -0.4 is 5.43 Å². The van der Waals surface area contributed by atoms with Crippen molar-refractivity contribution < 1.29 is 4.79 Å². The number of nitrogens with zero attached hydrogens (tertiary/aromatic N) is 1. The van der Waals surface area contributed by atoms with E-state index in [2.05, 4.69) is 29.6 Å². The molecule has 19 heavy (non-hydrogen) atoms. The van der Waals surface area contributed by atoms with Crippen molar-refractivity contribution in [3.8, 4) is 0 Å². The Bertz CT molecular complexity index is 456. The van der Waals surface area contributed by atoms with Crippen LogP contribution >= 0.6 is 0 Å². The smallest absolute Gasteiger partial charge is 0.243 e. The maximum atomic E-state index is 12.0. The summed E-state index contributed by atoms with van der Waals surface area (Å²) in [4.78, 5) is 12.0. The van der Waals surface area contributed by atoms with Gasteiger partial charge in [0.2, 0.25) is 5.91 Å². The summed E-state index contributed by atoms with van der Waals surface area (Å²) in [6.45, 7) is 3.98. The van der Waals surface area contributed by atoms with Gasteiger partial charge >= 0.3 is 0 Å². The molecule has 2 rings (SSSR count). The van der Waals surface area contributed by atoms with E-state index in [1.165, 1.54) is 24.8 Å². The van der Waals surface area contributed by atoms with Gasteiger partial charge in [-0.1, -0.05) is 49.1 Å². The molecule has 1 aromatic rings. The van der Waals surface area contributed by atoms with Gasteiger partial charge in [0.25, 0.3) is 0 Å². The van der Waals surface area contributed by atoms with Crippen LogP contribution in [0.4, 0.5) is 0 Å². The molecule has 3 heteroatoms. The van der Waals surface area contributed by atoms with Gasteiger partial charge in [-0.3, -0.25) is 4.79 Å². The molecule has 102 valence electrons. The number of hydrogen-bond donors (Lipinski definition) is 1. The molecule has 1 aliphatic carbocycles. The maximum Gasteiger partial charge on any atom is 0.243 e. The molecular weight excluding hydrogens is 236 g/mol. The van der Waals surface area contributed by atoms with Crippen LogP contribution in [0.15, 0.2) is 29.4 Å². The first-order chi connectivity index (χ1) is 9.16. The third kappa shape index (κ3) is 3.91. The number of rotatable bonds is 3. The van der Waals surface area contributed by atoms with Crippen LogP contribution in [0.25, 0.3) is 0 Å². The van der Waals surface area contributed by atoms with Crippen LogP contribution in [0.1, 0.15) is 50.2 Å². The minimum atomic E-state index is 0.0751. The molecule has 1 fully saturated rings. The third-order valence-electron chi connectivity index (χ3n) is 3.78. The van der Waals surface area contributed by atoms with Gasteiger partial charge in [-0.15, -0.1) is 0 Å². The second-order valence-corrected chi connectivity index (χ2v) is 5.37. The summed E-state index contributed by atoms with van der Waals surface area (Å²) in [5.74, 6) is 0.231. The number of nitrogens with one attached hydrogen (secondary N) is 1. The van der Waals surface area contributed by atoms with Gasteiger partial charge in [0.05, 0.1) is 5.71 Å². The van der Waals surface area contributed by atoms with Crippen LogP contribution in [0.5, 0.6) is 0 Å². The van der Waals surface area contributed by atoms with Crippen LogP contribution in [-0.4, -0.2) is 11.6 Å². The summed E-state index contributed by atoms with van der Waals surface area (Å²) in [6.07, 6.45) is 5.60. The van der Waals surface area contributed by atoms with Crippen LogP contribution in [0, 0.1) is 12.8 Å². The Morgan fingerprint density at radius 2 is 1.79 bits per heavy atom. The molecule has 0 bridgehead atoms. The fourth-order valence-electron chi connectivity index (χ4n) is 2.45. The Labute approximate surface area is 115 Å². The summed E-state index contributed by atoms with van der Waals surface area (Å²) in [5, 5.41) is 4.22. The first-order valence-corrected chi connectivity index (χ1v) is 7.08. The molecule has 0 saturated heterocycles. The van der Waals surface area contributed by atoms with Gasteiger partial charge in [0, 0.05) is 5.92 Å². The average molecular weight is 258 g/mol. The summed E-state index contributed by atoms with van der Waals surface area (Å²) < 4.78 is 0. The molecular formula is C16H22N2O. The molecule has 3 nitrogen and oxygen atoms in total. The van der Waals surface area contributed by atoms with Gasteiger partial charge in [-0.25, -0.2) is 5.43 Å². The van der Waals surface area contributed by atoms with Crippen molar-refractivity contribution in [2.75, 3.05) is 0 Å². The molecule has 1 saturated carbocycles. The van der Waals surface area contributed by atoms with E-state index in [1.807, 2.05) is 19.1 Å². The minimum Gasteiger partial charge on any atom is -0.273 e. The van der Waals surface area contributed by atoms with Crippen molar-refractivity contribution in [2.24, 2.45) is 11.0 Å². The quantitative estimate of drug-likeness (QED) is 0.655. The summed E-state index contributed by atoms with van der Waals surface area (Å²) >= 11 is 0. The third-order valence-corrected chi connectivity index (χ3v) is 3.78. The molecule has 0 atom stereocenters. The Balaban J connectivity index is 1.93.